The van der Waals surface area contributed by atoms with Crippen molar-refractivity contribution in [2.45, 2.75) is 57.3 Å². The molecule has 166 valence electrons. The SMILES string of the molecule is Cc1cc(C(=O)CSc2nnc(C3CC3)n2Cc2ccco2)c(C)n1CCc1cccs1. The maximum absolute atomic E-state index is 13.1. The Morgan fingerprint density at radius 3 is 2.81 bits per heavy atom. The summed E-state index contributed by atoms with van der Waals surface area (Å²) in [6.07, 6.45) is 4.96. The average molecular weight is 467 g/mol. The zero-order valence-electron chi connectivity index (χ0n) is 18.3. The summed E-state index contributed by atoms with van der Waals surface area (Å²) in [4.78, 5) is 14.5. The molecule has 0 atom stereocenters. The Hall–Kier alpha value is -2.58. The van der Waals surface area contributed by atoms with Crippen LogP contribution in [-0.4, -0.2) is 30.9 Å². The number of hydrogen-bond donors (Lipinski definition) is 0. The Bertz CT molecular complexity index is 1200. The largest absolute Gasteiger partial charge is 0.467 e. The molecule has 0 unspecified atom stereocenters. The first-order valence-corrected chi connectivity index (χ1v) is 12.8. The standard InChI is InChI=1S/C24H26N4O2S2/c1-16-13-21(17(2)27(16)10-9-20-6-4-12-31-20)22(29)15-32-24-26-25-23(18-7-8-18)28(24)14-19-5-3-11-30-19/h3-6,11-13,18H,7-10,14-15H2,1-2H3. The molecule has 1 saturated carbocycles. The molecule has 0 spiro atoms. The second kappa shape index (κ2) is 9.11. The molecule has 1 aliphatic carbocycles. The van der Waals surface area contributed by atoms with Gasteiger partial charge in [0.25, 0.3) is 0 Å². The van der Waals surface area contributed by atoms with E-state index in [0.29, 0.717) is 18.2 Å². The lowest BCUT2D eigenvalue weighted by atomic mass is 10.2. The Morgan fingerprint density at radius 1 is 1.22 bits per heavy atom. The van der Waals surface area contributed by atoms with Crippen LogP contribution in [0, 0.1) is 13.8 Å². The Morgan fingerprint density at radius 2 is 2.09 bits per heavy atom. The maximum Gasteiger partial charge on any atom is 0.192 e. The van der Waals surface area contributed by atoms with Crippen molar-refractivity contribution >= 4 is 28.9 Å². The minimum atomic E-state index is 0.131. The van der Waals surface area contributed by atoms with E-state index in [2.05, 4.69) is 43.8 Å². The summed E-state index contributed by atoms with van der Waals surface area (Å²) in [7, 11) is 0. The summed E-state index contributed by atoms with van der Waals surface area (Å²) in [5, 5.41) is 11.7. The van der Waals surface area contributed by atoms with Crippen molar-refractivity contribution in [2.75, 3.05) is 5.75 Å². The molecule has 32 heavy (non-hydrogen) atoms. The van der Waals surface area contributed by atoms with Crippen LogP contribution >= 0.6 is 23.1 Å². The minimum Gasteiger partial charge on any atom is -0.467 e. The average Bonchev–Trinajstić information content (AvgIpc) is 3.18. The van der Waals surface area contributed by atoms with E-state index < -0.39 is 0 Å². The van der Waals surface area contributed by atoms with Gasteiger partial charge >= 0.3 is 0 Å². The molecule has 4 heterocycles. The van der Waals surface area contributed by atoms with Crippen LogP contribution in [-0.2, 0) is 19.5 Å². The fourth-order valence-corrected chi connectivity index (χ4v) is 5.60. The lowest BCUT2D eigenvalue weighted by Gasteiger charge is -2.09. The van der Waals surface area contributed by atoms with Gasteiger partial charge in [-0.15, -0.1) is 21.5 Å². The fraction of sp³-hybridized carbons (Fsp3) is 0.375. The van der Waals surface area contributed by atoms with Crippen molar-refractivity contribution in [3.63, 3.8) is 0 Å². The number of nitrogens with zero attached hydrogens (tertiary/aromatic N) is 4. The number of Topliss-reactive ketones (excluding diaryl/α,β-unsaturated/α-hetero) is 1. The summed E-state index contributed by atoms with van der Waals surface area (Å²) in [5.74, 6) is 2.82. The highest BCUT2D eigenvalue weighted by Crippen LogP contribution is 2.40. The number of carbonyl (C=O) groups is 1. The molecule has 8 heteroatoms. The molecule has 1 aliphatic rings. The van der Waals surface area contributed by atoms with Gasteiger partial charge in [-0.2, -0.15) is 0 Å². The summed E-state index contributed by atoms with van der Waals surface area (Å²) in [5.41, 5.74) is 2.98. The highest BCUT2D eigenvalue weighted by molar-refractivity contribution is 7.99. The number of hydrogen-bond acceptors (Lipinski definition) is 6. The smallest absolute Gasteiger partial charge is 0.192 e. The van der Waals surface area contributed by atoms with Crippen LogP contribution in [0.2, 0.25) is 0 Å². The van der Waals surface area contributed by atoms with Gasteiger partial charge in [0.1, 0.15) is 11.6 Å². The molecule has 0 aliphatic heterocycles. The lowest BCUT2D eigenvalue weighted by Crippen LogP contribution is -2.09. The van der Waals surface area contributed by atoms with Crippen LogP contribution in [0.15, 0.2) is 51.5 Å². The number of furan rings is 1. The van der Waals surface area contributed by atoms with Crippen molar-refractivity contribution < 1.29 is 9.21 Å². The molecule has 5 rings (SSSR count). The predicted octanol–water partition coefficient (Wildman–Crippen LogP) is 5.49. The second-order valence-corrected chi connectivity index (χ2v) is 10.2. The van der Waals surface area contributed by atoms with Crippen LogP contribution in [0.3, 0.4) is 0 Å². The number of ketones is 1. The molecule has 4 aromatic heterocycles. The molecule has 0 aromatic carbocycles. The third kappa shape index (κ3) is 4.47. The van der Waals surface area contributed by atoms with Crippen LogP contribution in [0.25, 0.3) is 0 Å². The first-order chi connectivity index (χ1) is 15.6. The molecule has 0 amide bonds. The molecule has 4 aromatic rings. The van der Waals surface area contributed by atoms with Gasteiger partial charge in [-0.05, 0) is 62.8 Å². The van der Waals surface area contributed by atoms with Crippen LogP contribution in [0.5, 0.6) is 0 Å². The zero-order valence-corrected chi connectivity index (χ0v) is 19.9. The highest BCUT2D eigenvalue weighted by Gasteiger charge is 2.31. The van der Waals surface area contributed by atoms with E-state index in [4.69, 9.17) is 4.42 Å². The van der Waals surface area contributed by atoms with E-state index in [0.717, 1.165) is 59.5 Å². The van der Waals surface area contributed by atoms with Crippen molar-refractivity contribution in [1.82, 2.24) is 19.3 Å². The van der Waals surface area contributed by atoms with Crippen molar-refractivity contribution in [1.29, 1.82) is 0 Å². The summed E-state index contributed by atoms with van der Waals surface area (Å²) in [6.45, 7) is 5.61. The van der Waals surface area contributed by atoms with Gasteiger partial charge in [0.2, 0.25) is 0 Å². The highest BCUT2D eigenvalue weighted by atomic mass is 32.2. The van der Waals surface area contributed by atoms with Crippen LogP contribution in [0.1, 0.15) is 57.0 Å². The number of rotatable bonds is 10. The van der Waals surface area contributed by atoms with Gasteiger partial charge in [-0.3, -0.25) is 9.36 Å². The number of carbonyl (C=O) groups excluding carboxylic acids is 1. The van der Waals surface area contributed by atoms with E-state index in [9.17, 15) is 4.79 Å². The van der Waals surface area contributed by atoms with Crippen molar-refractivity contribution in [2.24, 2.45) is 0 Å². The molecule has 0 N–H and O–H groups in total. The Balaban J connectivity index is 1.28. The normalized spacial score (nSPS) is 13.7. The summed E-state index contributed by atoms with van der Waals surface area (Å²) < 4.78 is 9.90. The predicted molar refractivity (Wildman–Crippen MR) is 127 cm³/mol. The minimum absolute atomic E-state index is 0.131. The molecular formula is C24H26N4O2S2. The van der Waals surface area contributed by atoms with Gasteiger partial charge in [0.05, 0.1) is 18.6 Å². The zero-order chi connectivity index (χ0) is 22.1. The van der Waals surface area contributed by atoms with Crippen LogP contribution < -0.4 is 0 Å². The van der Waals surface area contributed by atoms with Gasteiger partial charge in [0.15, 0.2) is 10.9 Å². The molecule has 0 bridgehead atoms. The topological polar surface area (TPSA) is 65.8 Å². The molecule has 6 nitrogen and oxygen atoms in total. The Labute approximate surface area is 195 Å². The molecule has 0 radical (unpaired) electrons. The van der Waals surface area contributed by atoms with E-state index in [1.54, 1.807) is 17.6 Å². The number of thiophene rings is 1. The van der Waals surface area contributed by atoms with Gasteiger partial charge < -0.3 is 8.98 Å². The first-order valence-electron chi connectivity index (χ1n) is 10.9. The second-order valence-electron chi connectivity index (χ2n) is 8.26. The fourth-order valence-electron chi connectivity index (χ4n) is 4.07. The summed E-state index contributed by atoms with van der Waals surface area (Å²) >= 11 is 3.24. The molecule has 1 fully saturated rings. The number of aryl methyl sites for hydroxylation is 2. The number of aromatic nitrogens is 4. The quantitative estimate of drug-likeness (QED) is 0.228. The van der Waals surface area contributed by atoms with Crippen molar-refractivity contribution in [3.8, 4) is 0 Å². The monoisotopic (exact) mass is 466 g/mol. The van der Waals surface area contributed by atoms with E-state index in [1.807, 2.05) is 25.1 Å². The maximum atomic E-state index is 13.1. The molecular weight excluding hydrogens is 440 g/mol. The third-order valence-corrected chi connectivity index (χ3v) is 7.85. The van der Waals surface area contributed by atoms with Gasteiger partial charge in [-0.25, -0.2) is 0 Å². The Kier molecular flexibility index (Phi) is 6.06. The van der Waals surface area contributed by atoms with Gasteiger partial charge in [0, 0.05) is 34.3 Å². The number of thioether (sulfide) groups is 1. The first kappa shape index (κ1) is 21.3. The third-order valence-electron chi connectivity index (χ3n) is 5.95. The van der Waals surface area contributed by atoms with E-state index in [1.165, 1.54) is 16.6 Å². The lowest BCUT2D eigenvalue weighted by molar-refractivity contribution is 0.102. The summed E-state index contributed by atoms with van der Waals surface area (Å²) in [6, 6.07) is 10.1. The van der Waals surface area contributed by atoms with Crippen LogP contribution in [0.4, 0.5) is 0 Å². The van der Waals surface area contributed by atoms with Crippen molar-refractivity contribution in [3.05, 3.63) is 75.4 Å². The molecule has 0 saturated heterocycles. The van der Waals surface area contributed by atoms with E-state index in [-0.39, 0.29) is 5.78 Å². The van der Waals surface area contributed by atoms with Gasteiger partial charge in [-0.1, -0.05) is 17.8 Å². The van der Waals surface area contributed by atoms with E-state index >= 15 is 0 Å².